The third-order valence-corrected chi connectivity index (χ3v) is 8.43. The lowest BCUT2D eigenvalue weighted by Gasteiger charge is -2.50. The first kappa shape index (κ1) is 30.0. The van der Waals surface area contributed by atoms with Crippen LogP contribution in [0.25, 0.3) is 0 Å². The maximum Gasteiger partial charge on any atom is 0.442 e. The fraction of sp³-hybridized carbons (Fsp3) is 0.632. The van der Waals surface area contributed by atoms with Crippen LogP contribution in [-0.4, -0.2) is 95.8 Å². The smallest absolute Gasteiger partial charge is 0.427 e. The van der Waals surface area contributed by atoms with Crippen LogP contribution in [0.15, 0.2) is 16.4 Å². The Morgan fingerprint density at radius 1 is 1.29 bits per heavy atom. The molecule has 2 amide bonds. The first-order valence-electron chi connectivity index (χ1n) is 11.0. The van der Waals surface area contributed by atoms with Crippen molar-refractivity contribution in [1.82, 2.24) is 30.8 Å². The number of carbonyl (C=O) groups is 4. The molecule has 2 unspecified atom stereocenters. The summed E-state index contributed by atoms with van der Waals surface area (Å²) in [6.45, 7) is 4.42. The molecule has 1 fully saturated rings. The quantitative estimate of drug-likeness (QED) is 0.139. The number of rotatable bonds is 11. The van der Waals surface area contributed by atoms with E-state index in [0.29, 0.717) is 10.7 Å². The number of nitrogens with one attached hydrogen (secondary N) is 2. The number of carbonyl (C=O) groups excluding carboxylic acids is 4. The van der Waals surface area contributed by atoms with Crippen molar-refractivity contribution in [2.75, 3.05) is 18.3 Å². The highest BCUT2D eigenvalue weighted by atomic mass is 32.2. The van der Waals surface area contributed by atoms with Crippen LogP contribution in [-0.2, 0) is 28.7 Å². The number of β-lactam (4-membered cyclic amide) rings is 1. The number of nitrogens with two attached hydrogens (primary N) is 1. The van der Waals surface area contributed by atoms with Gasteiger partial charge in [0.05, 0.1) is 5.75 Å². The summed E-state index contributed by atoms with van der Waals surface area (Å²) in [5, 5.41) is 14.8. The minimum Gasteiger partial charge on any atom is -0.427 e. The lowest BCUT2D eigenvalue weighted by Crippen LogP contribution is -2.71. The largest absolute Gasteiger partial charge is 0.442 e. The fourth-order valence-corrected chi connectivity index (χ4v) is 6.13. The van der Waals surface area contributed by atoms with Gasteiger partial charge in [-0.2, -0.15) is 13.2 Å². The van der Waals surface area contributed by atoms with E-state index in [9.17, 15) is 32.3 Å². The highest BCUT2D eigenvalue weighted by molar-refractivity contribution is 8.01. The Hall–Kier alpha value is -2.51. The van der Waals surface area contributed by atoms with Crippen molar-refractivity contribution in [3.8, 4) is 0 Å². The number of halogens is 3. The molecule has 38 heavy (non-hydrogen) atoms. The second-order valence-electron chi connectivity index (χ2n) is 8.31. The molecular formula is C19H24F3N7O6S3. The van der Waals surface area contributed by atoms with E-state index in [1.54, 1.807) is 20.8 Å². The van der Waals surface area contributed by atoms with Crippen LogP contribution in [0, 0.1) is 5.92 Å². The van der Waals surface area contributed by atoms with E-state index in [1.807, 2.05) is 0 Å². The predicted octanol–water partition coefficient (Wildman–Crippen LogP) is 0.615. The molecule has 3 rings (SSSR count). The van der Waals surface area contributed by atoms with Crippen molar-refractivity contribution in [1.29, 1.82) is 0 Å². The maximum atomic E-state index is 13.1. The average Bonchev–Trinajstić information content (AvgIpc) is 3.36. The van der Waals surface area contributed by atoms with Gasteiger partial charge in [0.15, 0.2) is 0 Å². The zero-order valence-corrected chi connectivity index (χ0v) is 22.6. The van der Waals surface area contributed by atoms with E-state index >= 15 is 0 Å². The third kappa shape index (κ3) is 7.32. The van der Waals surface area contributed by atoms with Gasteiger partial charge in [-0.15, -0.1) is 16.9 Å². The number of hydrogen-bond donors (Lipinski definition) is 3. The molecule has 1 saturated heterocycles. The van der Waals surface area contributed by atoms with Gasteiger partial charge >= 0.3 is 17.4 Å². The molecule has 0 spiro atoms. The molecule has 0 saturated carbocycles. The normalized spacial score (nSPS) is 20.9. The van der Waals surface area contributed by atoms with Crippen molar-refractivity contribution in [3.63, 3.8) is 0 Å². The van der Waals surface area contributed by atoms with Gasteiger partial charge in [-0.05, 0) is 40.6 Å². The average molecular weight is 600 g/mol. The van der Waals surface area contributed by atoms with E-state index in [0.717, 1.165) is 4.90 Å². The second-order valence-corrected chi connectivity index (χ2v) is 11.8. The highest BCUT2D eigenvalue weighted by Gasteiger charge is 2.55. The number of H-pyrrole nitrogens is 1. The molecule has 0 radical (unpaired) electrons. The number of nitrogens with zero attached hydrogens (tertiary/aromatic N) is 4. The lowest BCUT2D eigenvalue weighted by molar-refractivity contribution is -0.169. The molecule has 0 aliphatic carbocycles. The summed E-state index contributed by atoms with van der Waals surface area (Å²) in [6.07, 6.45) is 0. The highest BCUT2D eigenvalue weighted by Crippen LogP contribution is 2.43. The molecule has 0 bridgehead atoms. The van der Waals surface area contributed by atoms with Crippen LogP contribution < -0.4 is 11.1 Å². The van der Waals surface area contributed by atoms with Gasteiger partial charge in [0.25, 0.3) is 5.91 Å². The van der Waals surface area contributed by atoms with Gasteiger partial charge in [0, 0.05) is 11.0 Å². The fourth-order valence-electron chi connectivity index (χ4n) is 3.32. The minimum atomic E-state index is -4.60. The summed E-state index contributed by atoms with van der Waals surface area (Å²) in [6, 6.07) is -2.06. The van der Waals surface area contributed by atoms with Gasteiger partial charge in [-0.1, -0.05) is 25.6 Å². The number of esters is 2. The summed E-state index contributed by atoms with van der Waals surface area (Å²) >= 11 is 1.86. The summed E-state index contributed by atoms with van der Waals surface area (Å²) in [5.74, 6) is -4.33. The monoisotopic (exact) mass is 599 g/mol. The Balaban J connectivity index is 1.75. The van der Waals surface area contributed by atoms with Gasteiger partial charge in [0.2, 0.25) is 17.9 Å². The zero-order valence-electron chi connectivity index (χ0n) is 20.2. The van der Waals surface area contributed by atoms with Crippen LogP contribution in [0.1, 0.15) is 20.8 Å². The SMILES string of the molecule is CC(Sc1nnn[nH]1)C1=C(C(=O)OCOC(=O)[C@@H](N)C(C)C)N2C(=O)C(NC(=O)CSC(F)(F)F)[C@@H]2SC1. The van der Waals surface area contributed by atoms with Gasteiger partial charge in [0.1, 0.15) is 23.2 Å². The first-order valence-corrected chi connectivity index (χ1v) is 13.9. The Morgan fingerprint density at radius 3 is 2.61 bits per heavy atom. The molecule has 1 aromatic rings. The second kappa shape index (κ2) is 12.6. The molecule has 1 aromatic heterocycles. The molecule has 2 aliphatic heterocycles. The van der Waals surface area contributed by atoms with E-state index in [1.165, 1.54) is 23.5 Å². The van der Waals surface area contributed by atoms with Crippen LogP contribution in [0.2, 0.25) is 0 Å². The van der Waals surface area contributed by atoms with E-state index in [2.05, 4.69) is 25.9 Å². The number of ether oxygens (including phenoxy) is 2. The van der Waals surface area contributed by atoms with Crippen molar-refractivity contribution >= 4 is 59.0 Å². The van der Waals surface area contributed by atoms with Gasteiger partial charge in [-0.3, -0.25) is 19.3 Å². The molecule has 210 valence electrons. The number of thioether (sulfide) groups is 3. The Labute approximate surface area is 226 Å². The van der Waals surface area contributed by atoms with Crippen molar-refractivity contribution < 1.29 is 41.8 Å². The first-order chi connectivity index (χ1) is 17.8. The molecule has 19 heteroatoms. The number of hydrogen-bond acceptors (Lipinski definition) is 13. The van der Waals surface area contributed by atoms with Crippen molar-refractivity contribution in [2.45, 2.75) is 54.1 Å². The van der Waals surface area contributed by atoms with Crippen LogP contribution in [0.5, 0.6) is 0 Å². The van der Waals surface area contributed by atoms with Crippen molar-refractivity contribution in [3.05, 3.63) is 11.3 Å². The summed E-state index contributed by atoms with van der Waals surface area (Å²) in [4.78, 5) is 51.1. The topological polar surface area (TPSA) is 182 Å². The molecule has 13 nitrogen and oxygen atoms in total. The number of tetrazole rings is 1. The van der Waals surface area contributed by atoms with Crippen LogP contribution in [0.4, 0.5) is 13.2 Å². The van der Waals surface area contributed by atoms with Crippen LogP contribution in [0.3, 0.4) is 0 Å². The Bertz CT molecular complexity index is 1090. The number of aromatic nitrogens is 4. The molecule has 4 atom stereocenters. The summed E-state index contributed by atoms with van der Waals surface area (Å²) < 4.78 is 47.3. The van der Waals surface area contributed by atoms with Gasteiger partial charge in [-0.25, -0.2) is 9.89 Å². The van der Waals surface area contributed by atoms with E-state index < -0.39 is 76.3 Å². The molecule has 4 N–H and O–H groups in total. The third-order valence-electron chi connectivity index (χ3n) is 5.36. The number of aromatic amines is 1. The number of fused-ring (bicyclic) bond motifs is 1. The predicted molar refractivity (Wildman–Crippen MR) is 130 cm³/mol. The summed E-state index contributed by atoms with van der Waals surface area (Å²) in [5.41, 5.74) is 1.47. The molecule has 2 aliphatic rings. The Kier molecular flexibility index (Phi) is 9.93. The minimum absolute atomic E-state index is 0.120. The molecule has 0 aromatic carbocycles. The van der Waals surface area contributed by atoms with E-state index in [-0.39, 0.29) is 17.4 Å². The number of amides is 2. The lowest BCUT2D eigenvalue weighted by atomic mass is 10.0. The van der Waals surface area contributed by atoms with Gasteiger partial charge < -0.3 is 20.5 Å². The van der Waals surface area contributed by atoms with Crippen molar-refractivity contribution in [2.24, 2.45) is 11.7 Å². The molecular weight excluding hydrogens is 575 g/mol. The summed E-state index contributed by atoms with van der Waals surface area (Å²) in [7, 11) is 0. The van der Waals surface area contributed by atoms with E-state index in [4.69, 9.17) is 15.2 Å². The van der Waals surface area contributed by atoms with Crippen LogP contribution >= 0.6 is 35.3 Å². The number of alkyl halides is 3. The molecule has 3 heterocycles. The maximum absolute atomic E-state index is 13.1. The zero-order chi connectivity index (χ0) is 28.2. The Morgan fingerprint density at radius 2 is 2.00 bits per heavy atom. The standard InChI is InChI=1S/C19H24F3N7O6S3/c1-7(2)11(23)16(32)34-6-35-17(33)13-9(8(3)38-18-25-27-28-26-18)4-36-15-12(14(31)29(13)15)24-10(30)5-37-19(20,21)22/h7-8,11-12,15H,4-6,23H2,1-3H3,(H,24,30)(H,25,26,27,28)/t8?,11-,12?,15-/m0/s1.